The van der Waals surface area contributed by atoms with Crippen molar-refractivity contribution in [1.29, 1.82) is 0 Å². The smallest absolute Gasteiger partial charge is 0.323 e. The van der Waals surface area contributed by atoms with Crippen LogP contribution in [-0.2, 0) is 0 Å². The Morgan fingerprint density at radius 3 is 2.43 bits per heavy atom. The number of nitrogens with two attached hydrogens (primary N) is 1. The second kappa shape index (κ2) is 5.44. The largest absolute Gasteiger partial charge is 0.467 e. The van der Waals surface area contributed by atoms with E-state index in [1.165, 1.54) is 14.2 Å². The van der Waals surface area contributed by atoms with E-state index in [-0.39, 0.29) is 12.0 Å². The van der Waals surface area contributed by atoms with E-state index >= 15 is 0 Å². The Morgan fingerprint density at radius 2 is 1.76 bits per heavy atom. The summed E-state index contributed by atoms with van der Waals surface area (Å²) in [6.07, 6.45) is 0. The number of anilines is 1. The average molecular weight is 305 g/mol. The minimum absolute atomic E-state index is 0.157. The molecule has 0 amide bonds. The summed E-state index contributed by atoms with van der Waals surface area (Å²) >= 11 is 1.14. The van der Waals surface area contributed by atoms with Gasteiger partial charge in [-0.1, -0.05) is 0 Å². The lowest BCUT2D eigenvalue weighted by Crippen LogP contribution is -2.00. The van der Waals surface area contributed by atoms with Gasteiger partial charge in [0.05, 0.1) is 14.2 Å². The van der Waals surface area contributed by atoms with Crippen molar-refractivity contribution in [2.45, 2.75) is 10.4 Å². The quantitative estimate of drug-likeness (QED) is 0.721. The van der Waals surface area contributed by atoms with Crippen LogP contribution < -0.4 is 15.2 Å². The molecule has 2 heterocycles. The molecule has 9 heteroatoms. The molecule has 0 aliphatic heterocycles. The van der Waals surface area contributed by atoms with E-state index in [1.54, 1.807) is 18.2 Å². The van der Waals surface area contributed by atoms with Crippen molar-refractivity contribution < 1.29 is 13.9 Å². The second-order valence-corrected chi connectivity index (χ2v) is 4.82. The molecule has 108 valence electrons. The fraction of sp³-hybridized carbons (Fsp3) is 0.167. The van der Waals surface area contributed by atoms with Crippen LogP contribution in [0.5, 0.6) is 12.0 Å². The molecule has 0 saturated heterocycles. The normalized spacial score (nSPS) is 10.8. The first-order valence-corrected chi connectivity index (χ1v) is 6.67. The van der Waals surface area contributed by atoms with Gasteiger partial charge < -0.3 is 19.6 Å². The zero-order valence-electron chi connectivity index (χ0n) is 11.2. The first kappa shape index (κ1) is 13.4. The minimum Gasteiger partial charge on any atom is -0.467 e. The van der Waals surface area contributed by atoms with Gasteiger partial charge >= 0.3 is 12.0 Å². The molecular formula is C12H11N5O3S. The number of ether oxygens (including phenoxy) is 2. The molecule has 8 nitrogen and oxygen atoms in total. The Bertz CT molecular complexity index is 769. The number of rotatable bonds is 4. The van der Waals surface area contributed by atoms with E-state index in [0.717, 1.165) is 11.8 Å². The van der Waals surface area contributed by atoms with Crippen LogP contribution in [0.4, 0.5) is 5.69 Å². The molecule has 2 N–H and O–H groups in total. The molecular weight excluding hydrogens is 294 g/mol. The summed E-state index contributed by atoms with van der Waals surface area (Å²) in [6.45, 7) is 0. The molecule has 21 heavy (non-hydrogen) atoms. The van der Waals surface area contributed by atoms with Crippen molar-refractivity contribution in [2.24, 2.45) is 0 Å². The van der Waals surface area contributed by atoms with Crippen LogP contribution in [0, 0.1) is 0 Å². The summed E-state index contributed by atoms with van der Waals surface area (Å²) in [7, 11) is 2.93. The lowest BCUT2D eigenvalue weighted by atomic mass is 10.3. The Kier molecular flexibility index (Phi) is 3.48. The third kappa shape index (κ3) is 2.82. The third-order valence-corrected chi connectivity index (χ3v) is 3.22. The summed E-state index contributed by atoms with van der Waals surface area (Å²) in [5.74, 6) is 0. The third-order valence-electron chi connectivity index (χ3n) is 2.51. The SMILES string of the molecule is COc1nc(OC)nc(Sc2nc3ccc(N)cc3o2)n1. The number of methoxy groups -OCH3 is 2. The van der Waals surface area contributed by atoms with Crippen molar-refractivity contribution in [1.82, 2.24) is 19.9 Å². The number of nitrogens with zero attached hydrogens (tertiary/aromatic N) is 4. The van der Waals surface area contributed by atoms with E-state index in [2.05, 4.69) is 19.9 Å². The molecule has 1 aromatic carbocycles. The Labute approximate surface area is 123 Å². The van der Waals surface area contributed by atoms with E-state index < -0.39 is 0 Å². The van der Waals surface area contributed by atoms with Crippen molar-refractivity contribution in [2.75, 3.05) is 20.0 Å². The summed E-state index contributed by atoms with van der Waals surface area (Å²) in [5.41, 5.74) is 7.62. The molecule has 3 rings (SSSR count). The van der Waals surface area contributed by atoms with E-state index in [9.17, 15) is 0 Å². The Hall–Kier alpha value is -2.55. The Balaban J connectivity index is 1.94. The lowest BCUT2D eigenvalue weighted by Gasteiger charge is -2.02. The summed E-state index contributed by atoms with van der Waals surface area (Å²) in [4.78, 5) is 16.4. The van der Waals surface area contributed by atoms with Crippen LogP contribution in [0.15, 0.2) is 33.0 Å². The average Bonchev–Trinajstić information content (AvgIpc) is 2.87. The molecule has 2 aromatic heterocycles. The maximum atomic E-state index is 5.70. The molecule has 0 atom stereocenters. The number of fused-ring (bicyclic) bond motifs is 1. The molecule has 0 aliphatic rings. The predicted octanol–water partition coefficient (Wildman–Crippen LogP) is 1.76. The fourth-order valence-electron chi connectivity index (χ4n) is 1.59. The highest BCUT2D eigenvalue weighted by molar-refractivity contribution is 7.98. The van der Waals surface area contributed by atoms with Gasteiger partial charge in [0.15, 0.2) is 5.58 Å². The van der Waals surface area contributed by atoms with Crippen LogP contribution in [0.3, 0.4) is 0 Å². The molecule has 0 radical (unpaired) electrons. The minimum atomic E-state index is 0.157. The Morgan fingerprint density at radius 1 is 1.05 bits per heavy atom. The number of nitrogen functional groups attached to an aromatic ring is 1. The summed E-state index contributed by atoms with van der Waals surface area (Å²) in [5, 5.41) is 0.754. The van der Waals surface area contributed by atoms with Crippen molar-refractivity contribution in [3.63, 3.8) is 0 Å². The van der Waals surface area contributed by atoms with Gasteiger partial charge in [0.25, 0.3) is 5.22 Å². The monoisotopic (exact) mass is 305 g/mol. The lowest BCUT2D eigenvalue weighted by molar-refractivity contribution is 0.332. The van der Waals surface area contributed by atoms with E-state index in [0.29, 0.717) is 27.2 Å². The molecule has 0 fully saturated rings. The standard InChI is InChI=1S/C12H11N5O3S/c1-18-9-15-10(19-2)17-11(16-9)21-12-14-7-4-3-6(13)5-8(7)20-12/h3-5H,13H2,1-2H3. The molecule has 0 spiro atoms. The number of hydrogen-bond acceptors (Lipinski definition) is 9. The van der Waals surface area contributed by atoms with Crippen LogP contribution >= 0.6 is 11.8 Å². The van der Waals surface area contributed by atoms with E-state index in [1.807, 2.05) is 0 Å². The second-order valence-electron chi connectivity index (χ2n) is 3.90. The number of hydrogen-bond donors (Lipinski definition) is 1. The van der Waals surface area contributed by atoms with Gasteiger partial charge in [-0.05, 0) is 12.1 Å². The van der Waals surface area contributed by atoms with Crippen LogP contribution in [0.2, 0.25) is 0 Å². The molecule has 0 unspecified atom stereocenters. The molecule has 0 bridgehead atoms. The molecule has 3 aromatic rings. The number of benzene rings is 1. The first-order chi connectivity index (χ1) is 10.2. The number of aromatic nitrogens is 4. The van der Waals surface area contributed by atoms with Gasteiger partial charge in [0.2, 0.25) is 5.16 Å². The highest BCUT2D eigenvalue weighted by Crippen LogP contribution is 2.29. The zero-order chi connectivity index (χ0) is 14.8. The van der Waals surface area contributed by atoms with Gasteiger partial charge in [-0.3, -0.25) is 0 Å². The van der Waals surface area contributed by atoms with Gasteiger partial charge in [0.1, 0.15) is 5.52 Å². The number of oxazole rings is 1. The molecule has 0 saturated carbocycles. The van der Waals surface area contributed by atoms with Crippen molar-refractivity contribution >= 4 is 28.5 Å². The highest BCUT2D eigenvalue weighted by atomic mass is 32.2. The maximum absolute atomic E-state index is 5.70. The van der Waals surface area contributed by atoms with Crippen LogP contribution in [0.1, 0.15) is 0 Å². The van der Waals surface area contributed by atoms with Gasteiger partial charge in [0, 0.05) is 23.5 Å². The fourth-order valence-corrected chi connectivity index (χ4v) is 2.27. The maximum Gasteiger partial charge on any atom is 0.323 e. The van der Waals surface area contributed by atoms with E-state index in [4.69, 9.17) is 19.6 Å². The summed E-state index contributed by atoms with van der Waals surface area (Å²) < 4.78 is 15.6. The predicted molar refractivity (Wildman–Crippen MR) is 75.5 cm³/mol. The zero-order valence-corrected chi connectivity index (χ0v) is 12.0. The van der Waals surface area contributed by atoms with Gasteiger partial charge in [-0.15, -0.1) is 4.98 Å². The van der Waals surface area contributed by atoms with Gasteiger partial charge in [-0.25, -0.2) is 4.98 Å². The molecule has 0 aliphatic carbocycles. The van der Waals surface area contributed by atoms with Crippen molar-refractivity contribution in [3.05, 3.63) is 18.2 Å². The highest BCUT2D eigenvalue weighted by Gasteiger charge is 2.13. The van der Waals surface area contributed by atoms with Crippen LogP contribution in [0.25, 0.3) is 11.1 Å². The summed E-state index contributed by atoms with van der Waals surface area (Å²) in [6, 6.07) is 5.57. The topological polar surface area (TPSA) is 109 Å². The first-order valence-electron chi connectivity index (χ1n) is 5.86. The van der Waals surface area contributed by atoms with Gasteiger partial charge in [-0.2, -0.15) is 9.97 Å². The van der Waals surface area contributed by atoms with Crippen LogP contribution in [-0.4, -0.2) is 34.2 Å². The van der Waals surface area contributed by atoms with Crippen molar-refractivity contribution in [3.8, 4) is 12.0 Å².